The molecule has 3 rings (SSSR count). The van der Waals surface area contributed by atoms with Crippen LogP contribution >= 0.6 is 11.3 Å². The van der Waals surface area contributed by atoms with Gasteiger partial charge in [-0.1, -0.05) is 0 Å². The van der Waals surface area contributed by atoms with Crippen LogP contribution in [0, 0.1) is 0 Å². The summed E-state index contributed by atoms with van der Waals surface area (Å²) >= 11 is 1.49. The van der Waals surface area contributed by atoms with Crippen molar-refractivity contribution >= 4 is 21.4 Å². The van der Waals surface area contributed by atoms with Crippen molar-refractivity contribution in [2.45, 2.75) is 62.2 Å². The van der Waals surface area contributed by atoms with Gasteiger partial charge in [0.15, 0.2) is 0 Å². The van der Waals surface area contributed by atoms with Gasteiger partial charge in [0.2, 0.25) is 10.0 Å². The van der Waals surface area contributed by atoms with E-state index in [1.54, 1.807) is 6.07 Å². The second kappa shape index (κ2) is 6.34. The van der Waals surface area contributed by atoms with Crippen LogP contribution in [0.2, 0.25) is 0 Å². The Morgan fingerprint density at radius 3 is 2.90 bits per heavy atom. The Balaban J connectivity index is 1.67. The average Bonchev–Trinajstić information content (AvgIpc) is 2.95. The molecule has 2 heterocycles. The minimum absolute atomic E-state index is 0.00792. The Morgan fingerprint density at radius 2 is 2.24 bits per heavy atom. The highest BCUT2D eigenvalue weighted by Gasteiger charge is 2.29. The SMILES string of the molecule is CC(NS(=O)(=O)c1ccsc1CNC1CC1)C1CCCO1. The molecule has 1 aliphatic carbocycles. The third-order valence-corrected chi connectivity index (χ3v) is 6.68. The second-order valence-corrected chi connectivity index (χ2v) is 8.51. The highest BCUT2D eigenvalue weighted by Crippen LogP contribution is 2.25. The molecule has 2 atom stereocenters. The molecule has 0 radical (unpaired) electrons. The molecule has 118 valence electrons. The van der Waals surface area contributed by atoms with E-state index in [4.69, 9.17) is 4.74 Å². The van der Waals surface area contributed by atoms with Crippen molar-refractivity contribution in [2.75, 3.05) is 6.61 Å². The zero-order valence-corrected chi connectivity index (χ0v) is 13.8. The molecule has 2 unspecified atom stereocenters. The van der Waals surface area contributed by atoms with Crippen molar-refractivity contribution < 1.29 is 13.2 Å². The fourth-order valence-corrected chi connectivity index (χ4v) is 5.27. The topological polar surface area (TPSA) is 67.4 Å². The fourth-order valence-electron chi connectivity index (χ4n) is 2.60. The highest BCUT2D eigenvalue weighted by molar-refractivity contribution is 7.89. The molecule has 1 aliphatic heterocycles. The van der Waals surface area contributed by atoms with Crippen molar-refractivity contribution in [3.8, 4) is 0 Å². The Morgan fingerprint density at radius 1 is 1.43 bits per heavy atom. The summed E-state index contributed by atoms with van der Waals surface area (Å²) in [5, 5.41) is 5.22. The van der Waals surface area contributed by atoms with Gasteiger partial charge in [0.25, 0.3) is 0 Å². The molecular weight excluding hydrogens is 308 g/mol. The monoisotopic (exact) mass is 330 g/mol. The first-order valence-electron chi connectivity index (χ1n) is 7.50. The summed E-state index contributed by atoms with van der Waals surface area (Å²) in [6.45, 7) is 3.24. The van der Waals surface area contributed by atoms with Crippen molar-refractivity contribution in [3.05, 3.63) is 16.3 Å². The number of sulfonamides is 1. The van der Waals surface area contributed by atoms with Gasteiger partial charge in [-0.25, -0.2) is 13.1 Å². The van der Waals surface area contributed by atoms with Crippen molar-refractivity contribution in [3.63, 3.8) is 0 Å². The molecule has 0 aromatic carbocycles. The lowest BCUT2D eigenvalue weighted by atomic mass is 10.1. The van der Waals surface area contributed by atoms with Gasteiger partial charge >= 0.3 is 0 Å². The maximum atomic E-state index is 12.6. The summed E-state index contributed by atoms with van der Waals surface area (Å²) in [7, 11) is -3.47. The van der Waals surface area contributed by atoms with E-state index < -0.39 is 10.0 Å². The number of nitrogens with one attached hydrogen (secondary N) is 2. The summed E-state index contributed by atoms with van der Waals surface area (Å²) in [4.78, 5) is 1.29. The van der Waals surface area contributed by atoms with Gasteiger partial charge in [-0.2, -0.15) is 0 Å². The quantitative estimate of drug-likeness (QED) is 0.801. The number of rotatable bonds is 7. The van der Waals surface area contributed by atoms with Gasteiger partial charge in [-0.3, -0.25) is 0 Å². The lowest BCUT2D eigenvalue weighted by molar-refractivity contribution is 0.0902. The molecule has 7 heteroatoms. The van der Waals surface area contributed by atoms with Crippen molar-refractivity contribution in [2.24, 2.45) is 0 Å². The van der Waals surface area contributed by atoms with Crippen molar-refractivity contribution in [1.82, 2.24) is 10.0 Å². The summed E-state index contributed by atoms with van der Waals surface area (Å²) in [6.07, 6.45) is 4.31. The number of hydrogen-bond acceptors (Lipinski definition) is 5. The molecule has 0 amide bonds. The smallest absolute Gasteiger partial charge is 0.242 e. The normalized spacial score (nSPS) is 24.3. The van der Waals surface area contributed by atoms with Crippen LogP contribution in [0.3, 0.4) is 0 Å². The standard InChI is InChI=1S/C14H22N2O3S2/c1-10(12-3-2-7-19-12)16-21(17,18)14-6-8-20-13(14)9-15-11-4-5-11/h6,8,10-12,15-16H,2-5,7,9H2,1H3. The van der Waals surface area contributed by atoms with Crippen LogP contribution in [0.1, 0.15) is 37.5 Å². The average molecular weight is 330 g/mol. The van der Waals surface area contributed by atoms with E-state index in [2.05, 4.69) is 10.0 Å². The van der Waals surface area contributed by atoms with Gasteiger partial charge < -0.3 is 10.1 Å². The zero-order chi connectivity index (χ0) is 14.9. The van der Waals surface area contributed by atoms with Gasteiger partial charge in [0, 0.05) is 30.1 Å². The van der Waals surface area contributed by atoms with Crippen molar-refractivity contribution in [1.29, 1.82) is 0 Å². The van der Waals surface area contributed by atoms with E-state index in [0.717, 1.165) is 24.3 Å². The number of hydrogen-bond donors (Lipinski definition) is 2. The Kier molecular flexibility index (Phi) is 4.66. The van der Waals surface area contributed by atoms with Gasteiger partial charge in [-0.15, -0.1) is 11.3 Å². The first kappa shape index (κ1) is 15.4. The number of ether oxygens (including phenoxy) is 1. The molecule has 0 spiro atoms. The van der Waals surface area contributed by atoms with Crippen LogP contribution < -0.4 is 10.0 Å². The van der Waals surface area contributed by atoms with E-state index in [1.165, 1.54) is 24.2 Å². The molecule has 1 saturated carbocycles. The Labute approximate surface area is 130 Å². The predicted molar refractivity (Wildman–Crippen MR) is 82.9 cm³/mol. The van der Waals surface area contributed by atoms with Crippen LogP contribution in [0.4, 0.5) is 0 Å². The maximum absolute atomic E-state index is 12.6. The van der Waals surface area contributed by atoms with Gasteiger partial charge in [-0.05, 0) is 44.1 Å². The summed E-state index contributed by atoms with van der Waals surface area (Å²) in [5.41, 5.74) is 0. The Hall–Kier alpha value is -0.470. The number of thiophene rings is 1. The molecule has 5 nitrogen and oxygen atoms in total. The molecule has 2 aliphatic rings. The van der Waals surface area contributed by atoms with E-state index in [-0.39, 0.29) is 12.1 Å². The molecule has 2 N–H and O–H groups in total. The molecule has 1 aromatic heterocycles. The molecule has 0 bridgehead atoms. The van der Waals surface area contributed by atoms with E-state index in [1.807, 2.05) is 12.3 Å². The first-order chi connectivity index (χ1) is 10.1. The van der Waals surface area contributed by atoms with Crippen LogP contribution in [0.25, 0.3) is 0 Å². The minimum atomic E-state index is -3.47. The lowest BCUT2D eigenvalue weighted by Gasteiger charge is -2.20. The highest BCUT2D eigenvalue weighted by atomic mass is 32.2. The van der Waals surface area contributed by atoms with Gasteiger partial charge in [0.1, 0.15) is 0 Å². The molecule has 2 fully saturated rings. The first-order valence-corrected chi connectivity index (χ1v) is 9.86. The third kappa shape index (κ3) is 3.84. The molecular formula is C14H22N2O3S2. The molecule has 1 aromatic rings. The zero-order valence-electron chi connectivity index (χ0n) is 12.2. The molecule has 1 saturated heterocycles. The maximum Gasteiger partial charge on any atom is 0.242 e. The third-order valence-electron chi connectivity index (χ3n) is 3.99. The van der Waals surface area contributed by atoms with E-state index in [9.17, 15) is 8.42 Å². The fraction of sp³-hybridized carbons (Fsp3) is 0.714. The van der Waals surface area contributed by atoms with Crippen LogP contribution in [0.15, 0.2) is 16.3 Å². The summed E-state index contributed by atoms with van der Waals surface area (Å²) in [6, 6.07) is 2.07. The molecule has 21 heavy (non-hydrogen) atoms. The largest absolute Gasteiger partial charge is 0.377 e. The second-order valence-electron chi connectivity index (χ2n) is 5.82. The van der Waals surface area contributed by atoms with Crippen LogP contribution in [0.5, 0.6) is 0 Å². The van der Waals surface area contributed by atoms with E-state index in [0.29, 0.717) is 17.5 Å². The van der Waals surface area contributed by atoms with E-state index >= 15 is 0 Å². The summed E-state index contributed by atoms with van der Waals surface area (Å²) < 4.78 is 33.4. The predicted octanol–water partition coefficient (Wildman–Crippen LogP) is 1.85. The Bertz CT molecular complexity index is 575. The summed E-state index contributed by atoms with van der Waals surface area (Å²) in [5.74, 6) is 0. The van der Waals surface area contributed by atoms with Crippen LogP contribution in [-0.4, -0.2) is 33.2 Å². The minimum Gasteiger partial charge on any atom is -0.377 e. The van der Waals surface area contributed by atoms with Gasteiger partial charge in [0.05, 0.1) is 11.0 Å². The lowest BCUT2D eigenvalue weighted by Crippen LogP contribution is -2.41. The van der Waals surface area contributed by atoms with Crippen LogP contribution in [-0.2, 0) is 21.3 Å².